The molecule has 1 unspecified atom stereocenters. The van der Waals surface area contributed by atoms with E-state index in [1.807, 2.05) is 6.07 Å². The van der Waals surface area contributed by atoms with Gasteiger partial charge in [-0.15, -0.1) is 0 Å². The van der Waals surface area contributed by atoms with Crippen molar-refractivity contribution in [3.05, 3.63) is 77.9 Å². The number of amides is 1. The fourth-order valence-corrected chi connectivity index (χ4v) is 5.16. The van der Waals surface area contributed by atoms with Crippen molar-refractivity contribution in [1.29, 1.82) is 0 Å². The largest absolute Gasteiger partial charge is 0.341 e. The average Bonchev–Trinajstić information content (AvgIpc) is 3.14. The Morgan fingerprint density at radius 3 is 2.62 bits per heavy atom. The van der Waals surface area contributed by atoms with Crippen molar-refractivity contribution in [2.75, 3.05) is 18.4 Å². The lowest BCUT2D eigenvalue weighted by molar-refractivity contribution is -0.121. The Hall–Kier alpha value is -3.11. The highest BCUT2D eigenvalue weighted by Gasteiger charge is 2.26. The van der Waals surface area contributed by atoms with Crippen molar-refractivity contribution in [2.45, 2.75) is 39.8 Å². The van der Waals surface area contributed by atoms with Crippen LogP contribution in [0.2, 0.25) is 0 Å². The quantitative estimate of drug-likeness (QED) is 0.427. The number of hydrogen-bond acceptors (Lipinski definition) is 2. The van der Waals surface area contributed by atoms with Crippen LogP contribution in [0.25, 0.3) is 21.8 Å². The lowest BCUT2D eigenvalue weighted by Crippen LogP contribution is -2.40. The summed E-state index contributed by atoms with van der Waals surface area (Å²) < 4.78 is 2.33. The lowest BCUT2D eigenvalue weighted by Gasteiger charge is -2.32. The van der Waals surface area contributed by atoms with Crippen LogP contribution in [-0.4, -0.2) is 28.5 Å². The monoisotopic (exact) mass is 425 g/mol. The van der Waals surface area contributed by atoms with Crippen LogP contribution in [0.5, 0.6) is 0 Å². The summed E-state index contributed by atoms with van der Waals surface area (Å²) in [5, 5.41) is 5.65. The summed E-state index contributed by atoms with van der Waals surface area (Å²) in [5.41, 5.74) is 6.02. The molecule has 32 heavy (non-hydrogen) atoms. The number of likely N-dealkylation sites (tertiary alicyclic amines) is 1. The number of nitrogens with zero attached hydrogens (tertiary/aromatic N) is 2. The highest BCUT2D eigenvalue weighted by molar-refractivity contribution is 6.09. The summed E-state index contributed by atoms with van der Waals surface area (Å²) >= 11 is 0. The molecule has 164 valence electrons. The molecule has 0 radical (unpaired) electrons. The molecule has 1 atom stereocenters. The Balaban J connectivity index is 1.33. The zero-order chi connectivity index (χ0) is 22.1. The Bertz CT molecular complexity index is 1270. The molecule has 1 fully saturated rings. The van der Waals surface area contributed by atoms with Crippen LogP contribution in [0.4, 0.5) is 5.69 Å². The van der Waals surface area contributed by atoms with Gasteiger partial charge in [-0.25, -0.2) is 0 Å². The van der Waals surface area contributed by atoms with Crippen LogP contribution in [0, 0.1) is 12.8 Å². The Morgan fingerprint density at radius 1 is 1.00 bits per heavy atom. The molecule has 1 aliphatic heterocycles. The number of aromatic nitrogens is 1. The first-order chi connectivity index (χ1) is 15.6. The minimum atomic E-state index is 0.0282. The van der Waals surface area contributed by atoms with Crippen molar-refractivity contribution in [3.63, 3.8) is 0 Å². The van der Waals surface area contributed by atoms with Crippen LogP contribution in [-0.2, 0) is 17.9 Å². The van der Waals surface area contributed by atoms with Crippen LogP contribution < -0.4 is 5.32 Å². The van der Waals surface area contributed by atoms with Crippen molar-refractivity contribution in [3.8, 4) is 0 Å². The van der Waals surface area contributed by atoms with E-state index in [1.54, 1.807) is 0 Å². The van der Waals surface area contributed by atoms with E-state index in [0.717, 1.165) is 44.7 Å². The molecule has 4 nitrogen and oxygen atoms in total. The average molecular weight is 426 g/mol. The van der Waals surface area contributed by atoms with Crippen molar-refractivity contribution < 1.29 is 4.79 Å². The van der Waals surface area contributed by atoms with Crippen LogP contribution >= 0.6 is 0 Å². The molecule has 3 aromatic carbocycles. The summed E-state index contributed by atoms with van der Waals surface area (Å²) in [6.07, 6.45) is 2.01. The second-order valence-corrected chi connectivity index (χ2v) is 8.98. The standard InChI is InChI=1S/C28H31N3O/c1-3-31-26-13-7-6-12-24(26)25-17-23(14-15-27(25)31)29-28(32)22-11-8-16-30(19-22)18-21-10-5-4-9-20(21)2/h4-7,9-10,12-15,17,22H,3,8,11,16,18-19H2,1-2H3,(H,29,32). The van der Waals surface area contributed by atoms with E-state index in [-0.39, 0.29) is 11.8 Å². The SMILES string of the molecule is CCn1c2ccccc2c2cc(NC(=O)C3CCCN(Cc4ccccc4C)C3)ccc21. The zero-order valence-electron chi connectivity index (χ0n) is 19.0. The number of piperidine rings is 1. The molecule has 5 rings (SSSR count). The molecule has 0 aliphatic carbocycles. The number of carbonyl (C=O) groups excluding carboxylic acids is 1. The van der Waals surface area contributed by atoms with Crippen LogP contribution in [0.15, 0.2) is 66.7 Å². The first kappa shape index (κ1) is 20.8. The van der Waals surface area contributed by atoms with Crippen molar-refractivity contribution >= 4 is 33.4 Å². The molecule has 0 saturated carbocycles. The van der Waals surface area contributed by atoms with Crippen molar-refractivity contribution in [2.24, 2.45) is 5.92 Å². The second-order valence-electron chi connectivity index (χ2n) is 8.98. The predicted octanol–water partition coefficient (Wildman–Crippen LogP) is 5.97. The van der Waals surface area contributed by atoms with Gasteiger partial charge in [-0.1, -0.05) is 42.5 Å². The Labute approximate surface area is 189 Å². The number of para-hydroxylation sites is 1. The summed E-state index contributed by atoms with van der Waals surface area (Å²) in [6.45, 7) is 8.05. The van der Waals surface area contributed by atoms with Gasteiger partial charge in [0.15, 0.2) is 0 Å². The van der Waals surface area contributed by atoms with Gasteiger partial charge in [0, 0.05) is 47.1 Å². The van der Waals surface area contributed by atoms with Gasteiger partial charge >= 0.3 is 0 Å². The molecule has 0 spiro atoms. The van der Waals surface area contributed by atoms with E-state index in [9.17, 15) is 4.79 Å². The van der Waals surface area contributed by atoms with Crippen LogP contribution in [0.1, 0.15) is 30.9 Å². The third-order valence-electron chi connectivity index (χ3n) is 6.89. The minimum Gasteiger partial charge on any atom is -0.341 e. The fourth-order valence-electron chi connectivity index (χ4n) is 5.16. The fraction of sp³-hybridized carbons (Fsp3) is 0.321. The molecule has 1 N–H and O–H groups in total. The summed E-state index contributed by atoms with van der Waals surface area (Å²) in [5.74, 6) is 0.165. The van der Waals surface area contributed by atoms with Gasteiger partial charge in [0.05, 0.1) is 5.92 Å². The Morgan fingerprint density at radius 2 is 1.78 bits per heavy atom. The number of rotatable bonds is 5. The number of anilines is 1. The highest BCUT2D eigenvalue weighted by atomic mass is 16.1. The maximum absolute atomic E-state index is 13.2. The van der Waals surface area contributed by atoms with Gasteiger partial charge in [0.25, 0.3) is 0 Å². The first-order valence-corrected chi connectivity index (χ1v) is 11.7. The molecular formula is C28H31N3O. The summed E-state index contributed by atoms with van der Waals surface area (Å²) in [4.78, 5) is 15.6. The minimum absolute atomic E-state index is 0.0282. The Kier molecular flexibility index (Phi) is 5.71. The van der Waals surface area contributed by atoms with E-state index in [2.05, 4.69) is 89.3 Å². The second kappa shape index (κ2) is 8.79. The zero-order valence-corrected chi connectivity index (χ0v) is 19.0. The third kappa shape index (κ3) is 3.91. The van der Waals surface area contributed by atoms with E-state index >= 15 is 0 Å². The molecular weight excluding hydrogens is 394 g/mol. The maximum Gasteiger partial charge on any atom is 0.228 e. The van der Waals surface area contributed by atoms with Crippen molar-refractivity contribution in [1.82, 2.24) is 9.47 Å². The van der Waals surface area contributed by atoms with E-state index in [4.69, 9.17) is 0 Å². The number of nitrogens with one attached hydrogen (secondary N) is 1. The molecule has 4 heteroatoms. The van der Waals surface area contributed by atoms with Crippen LogP contribution in [0.3, 0.4) is 0 Å². The van der Waals surface area contributed by atoms with E-state index in [0.29, 0.717) is 0 Å². The molecule has 1 saturated heterocycles. The maximum atomic E-state index is 13.2. The number of benzene rings is 3. The smallest absolute Gasteiger partial charge is 0.228 e. The number of aryl methyl sites for hydroxylation is 2. The number of carbonyl (C=O) groups is 1. The lowest BCUT2D eigenvalue weighted by atomic mass is 9.96. The molecule has 1 amide bonds. The van der Waals surface area contributed by atoms with Gasteiger partial charge in [0.2, 0.25) is 5.91 Å². The molecule has 0 bridgehead atoms. The van der Waals surface area contributed by atoms with Gasteiger partial charge in [-0.05, 0) is 68.6 Å². The number of fused-ring (bicyclic) bond motifs is 3. The van der Waals surface area contributed by atoms with Gasteiger partial charge in [-0.2, -0.15) is 0 Å². The summed E-state index contributed by atoms with van der Waals surface area (Å²) in [7, 11) is 0. The summed E-state index contributed by atoms with van der Waals surface area (Å²) in [6, 6.07) is 23.4. The number of hydrogen-bond donors (Lipinski definition) is 1. The topological polar surface area (TPSA) is 37.3 Å². The molecule has 1 aromatic heterocycles. The van der Waals surface area contributed by atoms with Gasteiger partial charge < -0.3 is 9.88 Å². The third-order valence-corrected chi connectivity index (χ3v) is 6.89. The molecule has 4 aromatic rings. The predicted molar refractivity (Wildman–Crippen MR) is 133 cm³/mol. The van der Waals surface area contributed by atoms with Gasteiger partial charge in [-0.3, -0.25) is 9.69 Å². The van der Waals surface area contributed by atoms with E-state index in [1.165, 1.54) is 32.9 Å². The molecule has 2 heterocycles. The normalized spacial score (nSPS) is 17.1. The molecule has 1 aliphatic rings. The van der Waals surface area contributed by atoms with Gasteiger partial charge in [0.1, 0.15) is 0 Å². The first-order valence-electron chi connectivity index (χ1n) is 11.7. The van der Waals surface area contributed by atoms with E-state index < -0.39 is 0 Å². The highest BCUT2D eigenvalue weighted by Crippen LogP contribution is 2.31.